The van der Waals surface area contributed by atoms with E-state index in [0.29, 0.717) is 24.3 Å². The van der Waals surface area contributed by atoms with Crippen LogP contribution in [-0.4, -0.2) is 35.4 Å². The molecular formula is C15H22N2O3S. The molecule has 0 fully saturated rings. The molecule has 0 spiro atoms. The topological polar surface area (TPSA) is 70.6 Å². The second-order valence-electron chi connectivity index (χ2n) is 4.59. The minimum Gasteiger partial charge on any atom is -0.494 e. The van der Waals surface area contributed by atoms with Crippen LogP contribution < -0.4 is 15.4 Å². The quantitative estimate of drug-likeness (QED) is 0.671. The number of carbonyl (C=O) groups is 1. The van der Waals surface area contributed by atoms with Gasteiger partial charge in [0.2, 0.25) is 0 Å². The molecule has 21 heavy (non-hydrogen) atoms. The number of aliphatic hydroxyl groups is 1. The second-order valence-corrected chi connectivity index (χ2v) is 5.00. The van der Waals surface area contributed by atoms with Crippen molar-refractivity contribution in [1.82, 2.24) is 10.6 Å². The highest BCUT2D eigenvalue weighted by molar-refractivity contribution is 7.80. The van der Waals surface area contributed by atoms with E-state index in [0.717, 1.165) is 6.42 Å². The third-order valence-electron chi connectivity index (χ3n) is 2.84. The van der Waals surface area contributed by atoms with Crippen LogP contribution in [0.25, 0.3) is 0 Å². The van der Waals surface area contributed by atoms with Gasteiger partial charge in [-0.3, -0.25) is 10.1 Å². The second kappa shape index (κ2) is 9.31. The van der Waals surface area contributed by atoms with Gasteiger partial charge in [0.15, 0.2) is 5.11 Å². The van der Waals surface area contributed by atoms with E-state index < -0.39 is 0 Å². The van der Waals surface area contributed by atoms with Gasteiger partial charge in [0.05, 0.1) is 19.3 Å². The Kier molecular flexibility index (Phi) is 7.71. The van der Waals surface area contributed by atoms with Gasteiger partial charge in [0.25, 0.3) is 5.91 Å². The van der Waals surface area contributed by atoms with E-state index in [1.807, 2.05) is 19.9 Å². The summed E-state index contributed by atoms with van der Waals surface area (Å²) < 4.78 is 5.49. The van der Waals surface area contributed by atoms with Crippen molar-refractivity contribution in [2.75, 3.05) is 13.2 Å². The molecule has 0 heterocycles. The van der Waals surface area contributed by atoms with Gasteiger partial charge in [-0.05, 0) is 43.3 Å². The van der Waals surface area contributed by atoms with Crippen LogP contribution in [-0.2, 0) is 0 Å². The fourth-order valence-electron chi connectivity index (χ4n) is 1.62. The van der Waals surface area contributed by atoms with Gasteiger partial charge in [-0.2, -0.15) is 0 Å². The van der Waals surface area contributed by atoms with Crippen molar-refractivity contribution in [3.05, 3.63) is 29.8 Å². The summed E-state index contributed by atoms with van der Waals surface area (Å²) in [5.74, 6) is 0.354. The van der Waals surface area contributed by atoms with Crippen molar-refractivity contribution in [3.63, 3.8) is 0 Å². The van der Waals surface area contributed by atoms with Gasteiger partial charge >= 0.3 is 0 Å². The number of benzene rings is 1. The van der Waals surface area contributed by atoms with Crippen LogP contribution in [0, 0.1) is 0 Å². The Morgan fingerprint density at radius 3 is 2.81 bits per heavy atom. The van der Waals surface area contributed by atoms with Crippen molar-refractivity contribution in [2.45, 2.75) is 32.7 Å². The third kappa shape index (κ3) is 6.10. The summed E-state index contributed by atoms with van der Waals surface area (Å²) in [4.78, 5) is 12.1. The van der Waals surface area contributed by atoms with Crippen LogP contribution >= 0.6 is 12.2 Å². The van der Waals surface area contributed by atoms with E-state index in [4.69, 9.17) is 22.1 Å². The molecule has 0 radical (unpaired) electrons. The highest BCUT2D eigenvalue weighted by Crippen LogP contribution is 2.13. The summed E-state index contributed by atoms with van der Waals surface area (Å²) in [5, 5.41) is 14.8. The van der Waals surface area contributed by atoms with Crippen molar-refractivity contribution < 1.29 is 14.6 Å². The molecule has 1 atom stereocenters. The van der Waals surface area contributed by atoms with Crippen LogP contribution in [0.4, 0.5) is 0 Å². The number of amides is 1. The number of thiocarbonyl (C=S) groups is 1. The van der Waals surface area contributed by atoms with Crippen molar-refractivity contribution >= 4 is 23.2 Å². The minimum atomic E-state index is -0.303. The molecule has 1 aromatic carbocycles. The van der Waals surface area contributed by atoms with Crippen LogP contribution in [0.2, 0.25) is 0 Å². The van der Waals surface area contributed by atoms with E-state index in [-0.39, 0.29) is 23.7 Å². The number of rotatable bonds is 7. The van der Waals surface area contributed by atoms with E-state index in [1.165, 1.54) is 0 Å². The van der Waals surface area contributed by atoms with Crippen molar-refractivity contribution in [3.8, 4) is 5.75 Å². The lowest BCUT2D eigenvalue weighted by Gasteiger charge is -2.16. The zero-order valence-corrected chi connectivity index (χ0v) is 13.2. The molecule has 0 aliphatic heterocycles. The van der Waals surface area contributed by atoms with Gasteiger partial charge < -0.3 is 15.2 Å². The molecule has 1 amide bonds. The Morgan fingerprint density at radius 2 is 2.19 bits per heavy atom. The first-order valence-corrected chi connectivity index (χ1v) is 7.47. The number of carbonyl (C=O) groups excluding carboxylic acids is 1. The van der Waals surface area contributed by atoms with E-state index >= 15 is 0 Å². The standard InChI is InChI=1S/C15H22N2O3S/c1-3-8-20-13-7-5-6-11(9-13)14(19)17-15(21)16-12(4-2)10-18/h5-7,9,12,18H,3-4,8,10H2,1-2H3,(H2,16,17,19,21). The summed E-state index contributed by atoms with van der Waals surface area (Å²) in [6.07, 6.45) is 1.62. The number of nitrogens with one attached hydrogen (secondary N) is 2. The fourth-order valence-corrected chi connectivity index (χ4v) is 1.88. The first kappa shape index (κ1) is 17.4. The molecular weight excluding hydrogens is 288 g/mol. The number of hydrogen-bond donors (Lipinski definition) is 3. The zero-order valence-electron chi connectivity index (χ0n) is 12.4. The van der Waals surface area contributed by atoms with Gasteiger partial charge in [-0.1, -0.05) is 19.9 Å². The average molecular weight is 310 g/mol. The first-order chi connectivity index (χ1) is 10.1. The summed E-state index contributed by atoms with van der Waals surface area (Å²) in [5.41, 5.74) is 0.477. The Hall–Kier alpha value is -1.66. The maximum Gasteiger partial charge on any atom is 0.257 e. The van der Waals surface area contributed by atoms with E-state index in [9.17, 15) is 4.79 Å². The van der Waals surface area contributed by atoms with Crippen LogP contribution in [0.1, 0.15) is 37.0 Å². The van der Waals surface area contributed by atoms with Gasteiger partial charge in [0.1, 0.15) is 5.75 Å². The molecule has 0 bridgehead atoms. The maximum absolute atomic E-state index is 12.1. The zero-order chi connectivity index (χ0) is 15.7. The predicted octanol–water partition coefficient (Wildman–Crippen LogP) is 1.85. The van der Waals surface area contributed by atoms with Crippen molar-refractivity contribution in [1.29, 1.82) is 0 Å². The van der Waals surface area contributed by atoms with Gasteiger partial charge in [-0.25, -0.2) is 0 Å². The lowest BCUT2D eigenvalue weighted by Crippen LogP contribution is -2.45. The third-order valence-corrected chi connectivity index (χ3v) is 3.06. The first-order valence-electron chi connectivity index (χ1n) is 7.06. The number of hydrogen-bond acceptors (Lipinski definition) is 4. The molecule has 5 nitrogen and oxygen atoms in total. The number of ether oxygens (including phenoxy) is 1. The van der Waals surface area contributed by atoms with Crippen LogP contribution in [0.3, 0.4) is 0 Å². The molecule has 0 aliphatic carbocycles. The normalized spacial score (nSPS) is 11.6. The predicted molar refractivity (Wildman–Crippen MR) is 86.6 cm³/mol. The van der Waals surface area contributed by atoms with E-state index in [1.54, 1.807) is 18.2 Å². The monoisotopic (exact) mass is 310 g/mol. The Bertz CT molecular complexity index is 476. The summed E-state index contributed by atoms with van der Waals surface area (Å²) in [7, 11) is 0. The van der Waals surface area contributed by atoms with Gasteiger partial charge in [-0.15, -0.1) is 0 Å². The Morgan fingerprint density at radius 1 is 1.43 bits per heavy atom. The highest BCUT2D eigenvalue weighted by Gasteiger charge is 2.11. The van der Waals surface area contributed by atoms with Gasteiger partial charge in [0, 0.05) is 5.56 Å². The van der Waals surface area contributed by atoms with E-state index in [2.05, 4.69) is 10.6 Å². The molecule has 3 N–H and O–H groups in total. The van der Waals surface area contributed by atoms with Crippen LogP contribution in [0.15, 0.2) is 24.3 Å². The Balaban J connectivity index is 2.60. The molecule has 1 unspecified atom stereocenters. The molecule has 6 heteroatoms. The molecule has 1 rings (SSSR count). The largest absolute Gasteiger partial charge is 0.494 e. The van der Waals surface area contributed by atoms with Crippen LogP contribution in [0.5, 0.6) is 5.75 Å². The lowest BCUT2D eigenvalue weighted by atomic mass is 10.2. The minimum absolute atomic E-state index is 0.0349. The average Bonchev–Trinajstić information content (AvgIpc) is 2.50. The highest BCUT2D eigenvalue weighted by atomic mass is 32.1. The smallest absolute Gasteiger partial charge is 0.257 e. The van der Waals surface area contributed by atoms with Crippen molar-refractivity contribution in [2.24, 2.45) is 0 Å². The Labute approximate surface area is 130 Å². The maximum atomic E-state index is 12.1. The molecule has 0 saturated heterocycles. The number of aliphatic hydroxyl groups excluding tert-OH is 1. The lowest BCUT2D eigenvalue weighted by molar-refractivity contribution is 0.0975. The molecule has 0 saturated carbocycles. The fraction of sp³-hybridized carbons (Fsp3) is 0.467. The molecule has 1 aromatic rings. The summed E-state index contributed by atoms with van der Waals surface area (Å²) in [6.45, 7) is 4.52. The summed E-state index contributed by atoms with van der Waals surface area (Å²) in [6, 6.07) is 6.79. The molecule has 0 aliphatic rings. The SMILES string of the molecule is CCCOc1cccc(C(=O)NC(=S)NC(CC)CO)c1. The molecule has 116 valence electrons. The summed E-state index contributed by atoms with van der Waals surface area (Å²) >= 11 is 5.06. The molecule has 0 aromatic heterocycles.